The van der Waals surface area contributed by atoms with E-state index in [-0.39, 0.29) is 5.82 Å². The van der Waals surface area contributed by atoms with Crippen LogP contribution in [0.3, 0.4) is 0 Å². The molecule has 0 amide bonds. The first-order valence-corrected chi connectivity index (χ1v) is 6.47. The molecule has 0 aliphatic heterocycles. The van der Waals surface area contributed by atoms with Crippen molar-refractivity contribution >= 4 is 27.5 Å². The summed E-state index contributed by atoms with van der Waals surface area (Å²) in [6.45, 7) is 0. The van der Waals surface area contributed by atoms with Gasteiger partial charge in [0, 0.05) is 15.9 Å². The van der Waals surface area contributed by atoms with Crippen LogP contribution in [-0.4, -0.2) is 0 Å². The second kappa shape index (κ2) is 5.52. The minimum absolute atomic E-state index is 0.280. The third-order valence-electron chi connectivity index (χ3n) is 2.19. The maximum atomic E-state index is 13.0. The van der Waals surface area contributed by atoms with Gasteiger partial charge in [0.05, 0.1) is 0 Å². The van der Waals surface area contributed by atoms with Gasteiger partial charge < -0.3 is 4.74 Å². The van der Waals surface area contributed by atoms with Gasteiger partial charge in [0.2, 0.25) is 0 Å². The first-order valence-electron chi connectivity index (χ1n) is 4.97. The first-order chi connectivity index (χ1) is 8.19. The van der Waals surface area contributed by atoms with E-state index in [0.29, 0.717) is 21.9 Å². The predicted molar refractivity (Wildman–Crippen MR) is 70.6 cm³/mol. The molecule has 0 heterocycles. The van der Waals surface area contributed by atoms with Gasteiger partial charge >= 0.3 is 0 Å². The molecular weight excluding hydrogens is 306 g/mol. The molecule has 0 aliphatic carbocycles. The summed E-state index contributed by atoms with van der Waals surface area (Å²) in [6.07, 6.45) is 0. The van der Waals surface area contributed by atoms with Gasteiger partial charge in [0.15, 0.2) is 0 Å². The van der Waals surface area contributed by atoms with Gasteiger partial charge in [0.1, 0.15) is 17.3 Å². The van der Waals surface area contributed by atoms with E-state index < -0.39 is 0 Å². The monoisotopic (exact) mass is 314 g/mol. The lowest BCUT2D eigenvalue weighted by Gasteiger charge is -2.09. The van der Waals surface area contributed by atoms with E-state index in [0.717, 1.165) is 5.56 Å². The highest BCUT2D eigenvalue weighted by molar-refractivity contribution is 9.08. The molecule has 0 saturated heterocycles. The van der Waals surface area contributed by atoms with Crippen LogP contribution in [0, 0.1) is 5.82 Å². The average molecular weight is 316 g/mol. The first kappa shape index (κ1) is 12.4. The molecule has 0 bridgehead atoms. The lowest BCUT2D eigenvalue weighted by molar-refractivity contribution is 0.476. The maximum Gasteiger partial charge on any atom is 0.131 e. The Morgan fingerprint density at radius 3 is 2.71 bits per heavy atom. The predicted octanol–water partition coefficient (Wildman–Crippen LogP) is 5.17. The Kier molecular flexibility index (Phi) is 4.02. The summed E-state index contributed by atoms with van der Waals surface area (Å²) >= 11 is 9.16. The average Bonchev–Trinajstić information content (AvgIpc) is 2.31. The van der Waals surface area contributed by atoms with Crippen molar-refractivity contribution in [1.29, 1.82) is 0 Å². The Labute approximate surface area is 112 Å². The van der Waals surface area contributed by atoms with Crippen molar-refractivity contribution in [2.24, 2.45) is 0 Å². The Morgan fingerprint density at radius 1 is 1.18 bits per heavy atom. The van der Waals surface area contributed by atoms with Crippen LogP contribution in [0.4, 0.5) is 4.39 Å². The Morgan fingerprint density at radius 2 is 2.00 bits per heavy atom. The summed E-state index contributed by atoms with van der Waals surface area (Å²) < 4.78 is 18.7. The van der Waals surface area contributed by atoms with Crippen LogP contribution >= 0.6 is 27.5 Å². The van der Waals surface area contributed by atoms with Crippen LogP contribution in [0.15, 0.2) is 42.5 Å². The minimum Gasteiger partial charge on any atom is -0.457 e. The van der Waals surface area contributed by atoms with Gasteiger partial charge in [-0.05, 0) is 36.4 Å². The zero-order valence-electron chi connectivity index (χ0n) is 8.79. The number of alkyl halides is 1. The smallest absolute Gasteiger partial charge is 0.131 e. The zero-order valence-corrected chi connectivity index (χ0v) is 11.1. The lowest BCUT2D eigenvalue weighted by atomic mass is 10.2. The number of benzene rings is 2. The molecule has 0 fully saturated rings. The number of rotatable bonds is 3. The summed E-state index contributed by atoms with van der Waals surface area (Å²) in [5, 5.41) is 1.13. The van der Waals surface area contributed by atoms with Crippen molar-refractivity contribution in [2.75, 3.05) is 0 Å². The maximum absolute atomic E-state index is 13.0. The third kappa shape index (κ3) is 3.20. The fourth-order valence-corrected chi connectivity index (χ4v) is 2.03. The van der Waals surface area contributed by atoms with Crippen molar-refractivity contribution in [2.45, 2.75) is 5.33 Å². The summed E-state index contributed by atoms with van der Waals surface area (Å²) in [5.74, 6) is 0.967. The fourth-order valence-electron chi connectivity index (χ4n) is 1.41. The van der Waals surface area contributed by atoms with Crippen LogP contribution in [0.25, 0.3) is 0 Å². The van der Waals surface area contributed by atoms with Gasteiger partial charge in [-0.3, -0.25) is 0 Å². The molecule has 1 nitrogen and oxygen atoms in total. The number of hydrogen-bond acceptors (Lipinski definition) is 1. The molecule has 2 aromatic carbocycles. The summed E-state index contributed by atoms with van der Waals surface area (Å²) in [6, 6.07) is 11.5. The molecule has 0 spiro atoms. The van der Waals surface area contributed by atoms with E-state index in [1.807, 2.05) is 0 Å². The van der Waals surface area contributed by atoms with Gasteiger partial charge in [-0.2, -0.15) is 0 Å². The molecule has 0 saturated carbocycles. The molecule has 0 N–H and O–H groups in total. The number of ether oxygens (including phenoxy) is 1. The Hall–Kier alpha value is -1.06. The fraction of sp³-hybridized carbons (Fsp3) is 0.0769. The van der Waals surface area contributed by atoms with Crippen LogP contribution in [-0.2, 0) is 5.33 Å². The highest BCUT2D eigenvalue weighted by Gasteiger charge is 2.05. The molecule has 4 heteroatoms. The largest absolute Gasteiger partial charge is 0.457 e. The van der Waals surface area contributed by atoms with Crippen molar-refractivity contribution < 1.29 is 9.13 Å². The van der Waals surface area contributed by atoms with E-state index >= 15 is 0 Å². The van der Waals surface area contributed by atoms with E-state index in [1.165, 1.54) is 12.1 Å². The van der Waals surface area contributed by atoms with Crippen LogP contribution in [0.2, 0.25) is 5.02 Å². The van der Waals surface area contributed by atoms with E-state index in [9.17, 15) is 4.39 Å². The Bertz CT molecular complexity index is 531. The normalized spacial score (nSPS) is 10.3. The van der Waals surface area contributed by atoms with Gasteiger partial charge in [-0.15, -0.1) is 0 Å². The van der Waals surface area contributed by atoms with Crippen molar-refractivity contribution in [3.05, 3.63) is 58.9 Å². The van der Waals surface area contributed by atoms with Crippen LogP contribution < -0.4 is 4.74 Å². The van der Waals surface area contributed by atoms with Crippen molar-refractivity contribution in [1.82, 2.24) is 0 Å². The van der Waals surface area contributed by atoms with E-state index in [2.05, 4.69) is 15.9 Å². The molecule has 2 rings (SSSR count). The molecule has 0 radical (unpaired) electrons. The van der Waals surface area contributed by atoms with Crippen LogP contribution in [0.5, 0.6) is 11.5 Å². The van der Waals surface area contributed by atoms with Crippen LogP contribution in [0.1, 0.15) is 5.56 Å². The molecule has 0 atom stereocenters. The summed E-state index contributed by atoms with van der Waals surface area (Å²) in [4.78, 5) is 0. The summed E-state index contributed by atoms with van der Waals surface area (Å²) in [5.41, 5.74) is 0.755. The SMILES string of the molecule is Fc1ccc(Oc2cccc(Cl)c2)c(CBr)c1. The third-order valence-corrected chi connectivity index (χ3v) is 3.03. The van der Waals surface area contributed by atoms with Gasteiger partial charge in [0.25, 0.3) is 0 Å². The zero-order chi connectivity index (χ0) is 12.3. The molecule has 0 aromatic heterocycles. The molecule has 2 aromatic rings. The summed E-state index contributed by atoms with van der Waals surface area (Å²) in [7, 11) is 0. The van der Waals surface area contributed by atoms with E-state index in [4.69, 9.17) is 16.3 Å². The molecule has 88 valence electrons. The Balaban J connectivity index is 2.29. The minimum atomic E-state index is -0.280. The quantitative estimate of drug-likeness (QED) is 0.710. The second-order valence-electron chi connectivity index (χ2n) is 3.45. The van der Waals surface area contributed by atoms with E-state index in [1.54, 1.807) is 30.3 Å². The standard InChI is InChI=1S/C13H9BrClFO/c14-8-9-6-11(16)4-5-13(9)17-12-3-1-2-10(15)7-12/h1-7H,8H2. The molecular formula is C13H9BrClFO. The number of halogens is 3. The van der Waals surface area contributed by atoms with Gasteiger partial charge in [-0.1, -0.05) is 33.6 Å². The highest BCUT2D eigenvalue weighted by Crippen LogP contribution is 2.28. The van der Waals surface area contributed by atoms with Gasteiger partial charge in [-0.25, -0.2) is 4.39 Å². The molecule has 0 aliphatic rings. The molecule has 17 heavy (non-hydrogen) atoms. The molecule has 0 unspecified atom stereocenters. The van der Waals surface area contributed by atoms with Crippen molar-refractivity contribution in [3.63, 3.8) is 0 Å². The second-order valence-corrected chi connectivity index (χ2v) is 4.44. The lowest BCUT2D eigenvalue weighted by Crippen LogP contribution is -1.90. The van der Waals surface area contributed by atoms with Crippen molar-refractivity contribution in [3.8, 4) is 11.5 Å². The topological polar surface area (TPSA) is 9.23 Å². The highest BCUT2D eigenvalue weighted by atomic mass is 79.9. The number of hydrogen-bond donors (Lipinski definition) is 0.